The molecule has 118 valence electrons. The first-order valence-electron chi connectivity index (χ1n) is 7.23. The molecule has 1 rings (SSSR count). The van der Waals surface area contributed by atoms with Crippen LogP contribution in [0, 0.1) is 17.8 Å². The highest BCUT2D eigenvalue weighted by Gasteiger charge is 2.43. The fraction of sp³-hybridized carbons (Fsp3) is 0.929. The van der Waals surface area contributed by atoms with Crippen molar-refractivity contribution in [3.63, 3.8) is 0 Å². The number of nitrogens with one attached hydrogen (secondary N) is 1. The van der Waals surface area contributed by atoms with E-state index in [1.54, 1.807) is 0 Å². The van der Waals surface area contributed by atoms with Gasteiger partial charge in [0.1, 0.15) is 0 Å². The third kappa shape index (κ3) is 4.96. The Bertz CT molecular complexity index is 318. The van der Waals surface area contributed by atoms with Gasteiger partial charge in [-0.25, -0.2) is 0 Å². The zero-order chi connectivity index (χ0) is 15.3. The van der Waals surface area contributed by atoms with Crippen LogP contribution >= 0.6 is 0 Å². The molecular weight excluding hydrogens is 271 g/mol. The Morgan fingerprint density at radius 2 is 2.00 bits per heavy atom. The van der Waals surface area contributed by atoms with Gasteiger partial charge in [-0.2, -0.15) is 13.2 Å². The molecule has 0 spiro atoms. The molecule has 0 radical (unpaired) electrons. The summed E-state index contributed by atoms with van der Waals surface area (Å²) >= 11 is 0. The molecule has 0 heterocycles. The third-order valence-corrected chi connectivity index (χ3v) is 4.08. The van der Waals surface area contributed by atoms with Crippen molar-refractivity contribution < 1.29 is 23.1 Å². The summed E-state index contributed by atoms with van der Waals surface area (Å²) in [6.07, 6.45) is -2.81. The monoisotopic (exact) mass is 295 g/mol. The predicted octanol–water partition coefficient (Wildman–Crippen LogP) is 2.88. The lowest BCUT2D eigenvalue weighted by Gasteiger charge is -2.31. The van der Waals surface area contributed by atoms with E-state index in [-0.39, 0.29) is 37.3 Å². The van der Waals surface area contributed by atoms with E-state index in [9.17, 15) is 18.0 Å². The molecule has 0 aromatic heterocycles. The van der Waals surface area contributed by atoms with Gasteiger partial charge in [0.05, 0.1) is 5.92 Å². The molecule has 1 aliphatic carbocycles. The molecule has 2 N–H and O–H groups in total. The Morgan fingerprint density at radius 3 is 2.50 bits per heavy atom. The van der Waals surface area contributed by atoms with Crippen molar-refractivity contribution in [3.8, 4) is 0 Å². The number of hydrogen-bond donors (Lipinski definition) is 2. The molecule has 1 fully saturated rings. The molecular formula is C14H24F3NO2. The first kappa shape index (κ1) is 17.3. The lowest BCUT2D eigenvalue weighted by Crippen LogP contribution is -2.44. The summed E-state index contributed by atoms with van der Waals surface area (Å²) < 4.78 is 38.2. The molecule has 1 aliphatic rings. The number of amides is 1. The van der Waals surface area contributed by atoms with Gasteiger partial charge in [0, 0.05) is 18.6 Å². The van der Waals surface area contributed by atoms with Gasteiger partial charge in [-0.1, -0.05) is 20.3 Å². The highest BCUT2D eigenvalue weighted by Crippen LogP contribution is 2.40. The van der Waals surface area contributed by atoms with Crippen LogP contribution in [0.4, 0.5) is 13.2 Å². The van der Waals surface area contributed by atoms with Crippen molar-refractivity contribution in [1.82, 2.24) is 5.32 Å². The van der Waals surface area contributed by atoms with Gasteiger partial charge < -0.3 is 10.4 Å². The van der Waals surface area contributed by atoms with Crippen LogP contribution in [0.2, 0.25) is 0 Å². The van der Waals surface area contributed by atoms with E-state index in [4.69, 9.17) is 5.11 Å². The first-order valence-corrected chi connectivity index (χ1v) is 7.23. The molecule has 1 amide bonds. The summed E-state index contributed by atoms with van der Waals surface area (Å²) in [4.78, 5) is 12.1. The number of carbonyl (C=O) groups is 1. The van der Waals surface area contributed by atoms with Gasteiger partial charge in [-0.05, 0) is 31.6 Å². The molecule has 0 aromatic carbocycles. The highest BCUT2D eigenvalue weighted by atomic mass is 19.4. The zero-order valence-electron chi connectivity index (χ0n) is 12.0. The van der Waals surface area contributed by atoms with Crippen LogP contribution in [0.1, 0.15) is 46.0 Å². The van der Waals surface area contributed by atoms with E-state index >= 15 is 0 Å². The number of alkyl halides is 3. The molecule has 1 saturated carbocycles. The molecule has 20 heavy (non-hydrogen) atoms. The summed E-state index contributed by atoms with van der Waals surface area (Å²) in [5.41, 5.74) is 0. The summed E-state index contributed by atoms with van der Waals surface area (Å²) in [5.74, 6) is -2.07. The van der Waals surface area contributed by atoms with Gasteiger partial charge in [0.25, 0.3) is 0 Å². The number of halogens is 3. The number of aliphatic hydroxyl groups is 1. The molecule has 6 heteroatoms. The van der Waals surface area contributed by atoms with Crippen LogP contribution < -0.4 is 5.32 Å². The largest absolute Gasteiger partial charge is 0.396 e. The number of carbonyl (C=O) groups excluding carboxylic acids is 1. The molecule has 3 atom stereocenters. The minimum absolute atomic E-state index is 0.0427. The summed E-state index contributed by atoms with van der Waals surface area (Å²) in [6, 6.07) is -0.182. The third-order valence-electron chi connectivity index (χ3n) is 4.08. The number of hydrogen-bond acceptors (Lipinski definition) is 2. The van der Waals surface area contributed by atoms with Crippen molar-refractivity contribution in [1.29, 1.82) is 0 Å². The molecule has 3 unspecified atom stereocenters. The standard InChI is InChI=1S/C14H24F3NO2/c1-9(2)12(6-7-19)18-13(20)10-4-3-5-11(8-10)14(15,16)17/h9-12,19H,3-8H2,1-2H3,(H,18,20). The van der Waals surface area contributed by atoms with Gasteiger partial charge in [0.2, 0.25) is 5.91 Å². The van der Waals surface area contributed by atoms with E-state index in [1.807, 2.05) is 13.8 Å². The maximum Gasteiger partial charge on any atom is 0.391 e. The minimum atomic E-state index is -4.21. The number of rotatable bonds is 5. The Labute approximate surface area is 117 Å². The van der Waals surface area contributed by atoms with Crippen LogP contribution in [-0.4, -0.2) is 29.8 Å². The lowest BCUT2D eigenvalue weighted by molar-refractivity contribution is -0.186. The smallest absolute Gasteiger partial charge is 0.391 e. The number of aliphatic hydroxyl groups excluding tert-OH is 1. The fourth-order valence-corrected chi connectivity index (χ4v) is 2.74. The fourth-order valence-electron chi connectivity index (χ4n) is 2.74. The molecule has 3 nitrogen and oxygen atoms in total. The van der Waals surface area contributed by atoms with Crippen molar-refractivity contribution in [2.75, 3.05) is 6.61 Å². The average molecular weight is 295 g/mol. The van der Waals surface area contributed by atoms with E-state index in [2.05, 4.69) is 5.32 Å². The van der Waals surface area contributed by atoms with Crippen molar-refractivity contribution in [2.24, 2.45) is 17.8 Å². The maximum absolute atomic E-state index is 12.7. The van der Waals surface area contributed by atoms with Crippen LogP contribution in [0.15, 0.2) is 0 Å². The molecule has 0 aliphatic heterocycles. The molecule has 0 saturated heterocycles. The Hall–Kier alpha value is -0.780. The topological polar surface area (TPSA) is 49.3 Å². The van der Waals surface area contributed by atoms with Gasteiger partial charge in [0.15, 0.2) is 0 Å². The Balaban J connectivity index is 2.58. The minimum Gasteiger partial charge on any atom is -0.396 e. The quantitative estimate of drug-likeness (QED) is 0.819. The predicted molar refractivity (Wildman–Crippen MR) is 70.0 cm³/mol. The maximum atomic E-state index is 12.7. The molecule has 0 bridgehead atoms. The van der Waals surface area contributed by atoms with Crippen LogP contribution in [0.3, 0.4) is 0 Å². The highest BCUT2D eigenvalue weighted by molar-refractivity contribution is 5.79. The van der Waals surface area contributed by atoms with E-state index in [0.29, 0.717) is 19.3 Å². The van der Waals surface area contributed by atoms with Gasteiger partial charge in [-0.15, -0.1) is 0 Å². The summed E-state index contributed by atoms with van der Waals surface area (Å²) in [5, 5.41) is 11.8. The van der Waals surface area contributed by atoms with Gasteiger partial charge in [-0.3, -0.25) is 4.79 Å². The normalized spacial score (nSPS) is 25.6. The first-order chi connectivity index (χ1) is 9.25. The Kier molecular flexibility index (Phi) is 6.30. The average Bonchev–Trinajstić information content (AvgIpc) is 2.37. The second-order valence-electron chi connectivity index (χ2n) is 5.97. The Morgan fingerprint density at radius 1 is 1.35 bits per heavy atom. The van der Waals surface area contributed by atoms with E-state index in [1.165, 1.54) is 0 Å². The van der Waals surface area contributed by atoms with Crippen LogP contribution in [0.5, 0.6) is 0 Å². The van der Waals surface area contributed by atoms with E-state index in [0.717, 1.165) is 0 Å². The molecule has 0 aromatic rings. The second kappa shape index (κ2) is 7.29. The van der Waals surface area contributed by atoms with Crippen molar-refractivity contribution in [2.45, 2.75) is 58.2 Å². The van der Waals surface area contributed by atoms with Crippen molar-refractivity contribution in [3.05, 3.63) is 0 Å². The second-order valence-corrected chi connectivity index (χ2v) is 5.97. The summed E-state index contributed by atoms with van der Waals surface area (Å²) in [6.45, 7) is 3.79. The van der Waals surface area contributed by atoms with Gasteiger partial charge >= 0.3 is 6.18 Å². The zero-order valence-corrected chi connectivity index (χ0v) is 12.0. The van der Waals surface area contributed by atoms with Crippen molar-refractivity contribution >= 4 is 5.91 Å². The van der Waals surface area contributed by atoms with E-state index < -0.39 is 18.0 Å². The lowest BCUT2D eigenvalue weighted by atomic mass is 9.80. The SMILES string of the molecule is CC(C)C(CCO)NC(=O)C1CCCC(C(F)(F)F)C1. The summed E-state index contributed by atoms with van der Waals surface area (Å²) in [7, 11) is 0. The van der Waals surface area contributed by atoms with Crippen LogP contribution in [0.25, 0.3) is 0 Å². The van der Waals surface area contributed by atoms with Crippen LogP contribution in [-0.2, 0) is 4.79 Å².